The molecule has 1 aromatic carbocycles. The summed E-state index contributed by atoms with van der Waals surface area (Å²) in [6.45, 7) is -0.631. The van der Waals surface area contributed by atoms with Crippen molar-refractivity contribution < 1.29 is 21.9 Å². The van der Waals surface area contributed by atoms with E-state index in [2.05, 4.69) is 4.72 Å². The Morgan fingerprint density at radius 3 is 2.29 bits per heavy atom. The monoisotopic (exact) mass is 299 g/mol. The average Bonchev–Trinajstić information content (AvgIpc) is 2.27. The summed E-state index contributed by atoms with van der Waals surface area (Å²) in [7, 11) is -1.35. The van der Waals surface area contributed by atoms with Crippen LogP contribution in [0.1, 0.15) is 5.56 Å². The van der Waals surface area contributed by atoms with E-state index in [0.717, 1.165) is 18.2 Å². The quantitative estimate of drug-likeness (QED) is 0.763. The van der Waals surface area contributed by atoms with Crippen LogP contribution >= 0.6 is 10.7 Å². The third kappa shape index (κ3) is 3.17. The SMILES string of the molecule is CNS(=O)(=O)c1ccc(S(=O)(=O)Cl)c(CO)c1. The van der Waals surface area contributed by atoms with Crippen molar-refractivity contribution >= 4 is 29.8 Å². The van der Waals surface area contributed by atoms with Gasteiger partial charge in [-0.3, -0.25) is 0 Å². The lowest BCUT2D eigenvalue weighted by Crippen LogP contribution is -2.19. The Hall–Kier alpha value is -0.670. The number of aliphatic hydroxyl groups is 1. The summed E-state index contributed by atoms with van der Waals surface area (Å²) in [5, 5.41) is 9.01. The molecule has 96 valence electrons. The standard InChI is InChI=1S/C8H10ClNO5S2/c1-10-17(14,15)7-2-3-8(16(9,12)13)6(4-7)5-11/h2-4,10-11H,5H2,1H3. The largest absolute Gasteiger partial charge is 0.392 e. The molecule has 0 unspecified atom stereocenters. The fourth-order valence-corrected chi connectivity index (χ4v) is 3.10. The molecule has 0 aliphatic heterocycles. The fourth-order valence-electron chi connectivity index (χ4n) is 1.20. The lowest BCUT2D eigenvalue weighted by molar-refractivity contribution is 0.278. The van der Waals surface area contributed by atoms with E-state index in [-0.39, 0.29) is 15.4 Å². The van der Waals surface area contributed by atoms with Gasteiger partial charge in [0.2, 0.25) is 10.0 Å². The second-order valence-electron chi connectivity index (χ2n) is 3.07. The molecule has 6 nitrogen and oxygen atoms in total. The first-order valence-electron chi connectivity index (χ1n) is 4.34. The molecule has 0 atom stereocenters. The van der Waals surface area contributed by atoms with E-state index in [1.54, 1.807) is 0 Å². The first kappa shape index (κ1) is 14.4. The van der Waals surface area contributed by atoms with Crippen molar-refractivity contribution in [1.29, 1.82) is 0 Å². The Morgan fingerprint density at radius 1 is 1.29 bits per heavy atom. The zero-order valence-corrected chi connectivity index (χ0v) is 11.1. The van der Waals surface area contributed by atoms with Crippen molar-refractivity contribution in [2.24, 2.45) is 0 Å². The Morgan fingerprint density at radius 2 is 1.88 bits per heavy atom. The highest BCUT2D eigenvalue weighted by Crippen LogP contribution is 2.23. The van der Waals surface area contributed by atoms with Crippen LogP contribution in [0.25, 0.3) is 0 Å². The van der Waals surface area contributed by atoms with Gasteiger partial charge in [-0.2, -0.15) is 0 Å². The number of rotatable bonds is 4. The van der Waals surface area contributed by atoms with Gasteiger partial charge in [-0.25, -0.2) is 21.6 Å². The summed E-state index contributed by atoms with van der Waals surface area (Å²) in [6, 6.07) is 3.19. The highest BCUT2D eigenvalue weighted by molar-refractivity contribution is 8.13. The van der Waals surface area contributed by atoms with Crippen LogP contribution in [0.4, 0.5) is 0 Å². The molecule has 0 aliphatic rings. The molecule has 0 spiro atoms. The van der Waals surface area contributed by atoms with Crippen LogP contribution in [0.15, 0.2) is 28.0 Å². The lowest BCUT2D eigenvalue weighted by atomic mass is 10.2. The molecule has 0 saturated carbocycles. The summed E-state index contributed by atoms with van der Waals surface area (Å²) in [5.74, 6) is 0. The van der Waals surface area contributed by atoms with Crippen molar-refractivity contribution in [1.82, 2.24) is 4.72 Å². The van der Waals surface area contributed by atoms with E-state index < -0.39 is 25.7 Å². The summed E-state index contributed by atoms with van der Waals surface area (Å²) < 4.78 is 47.2. The van der Waals surface area contributed by atoms with Gasteiger partial charge in [0.1, 0.15) is 0 Å². The van der Waals surface area contributed by atoms with Crippen molar-refractivity contribution in [2.45, 2.75) is 16.4 Å². The molecule has 9 heteroatoms. The zero-order valence-electron chi connectivity index (χ0n) is 8.71. The molecule has 1 aromatic rings. The fraction of sp³-hybridized carbons (Fsp3) is 0.250. The molecule has 17 heavy (non-hydrogen) atoms. The molecule has 0 heterocycles. The first-order chi connectivity index (χ1) is 7.72. The molecular weight excluding hydrogens is 290 g/mol. The maximum atomic E-state index is 11.5. The second-order valence-corrected chi connectivity index (χ2v) is 7.49. The van der Waals surface area contributed by atoms with E-state index >= 15 is 0 Å². The Kier molecular flexibility index (Phi) is 4.15. The molecule has 0 aliphatic carbocycles. The summed E-state index contributed by atoms with van der Waals surface area (Å²) >= 11 is 0. The number of sulfonamides is 1. The number of hydrogen-bond acceptors (Lipinski definition) is 5. The summed E-state index contributed by atoms with van der Waals surface area (Å²) in [6.07, 6.45) is 0. The number of halogens is 1. The van der Waals surface area contributed by atoms with Crippen LogP contribution in [-0.4, -0.2) is 29.0 Å². The molecule has 2 N–H and O–H groups in total. The van der Waals surface area contributed by atoms with Crippen LogP contribution in [0.5, 0.6) is 0 Å². The van der Waals surface area contributed by atoms with Crippen LogP contribution < -0.4 is 4.72 Å². The Labute approximate surface area is 104 Å². The minimum Gasteiger partial charge on any atom is -0.392 e. The van der Waals surface area contributed by atoms with Crippen molar-refractivity contribution in [3.63, 3.8) is 0 Å². The molecule has 0 amide bonds. The van der Waals surface area contributed by atoms with Gasteiger partial charge >= 0.3 is 0 Å². The highest BCUT2D eigenvalue weighted by atomic mass is 35.7. The van der Waals surface area contributed by atoms with Crippen molar-refractivity contribution in [2.75, 3.05) is 7.05 Å². The predicted octanol–water partition coefficient (Wildman–Crippen LogP) is 0.0145. The zero-order chi connectivity index (χ0) is 13.3. The number of nitrogens with one attached hydrogen (secondary N) is 1. The first-order valence-corrected chi connectivity index (χ1v) is 8.13. The normalized spacial score (nSPS) is 12.6. The summed E-state index contributed by atoms with van der Waals surface area (Å²) in [4.78, 5) is -0.454. The van der Waals surface area contributed by atoms with Crippen molar-refractivity contribution in [3.05, 3.63) is 23.8 Å². The average molecular weight is 300 g/mol. The van der Waals surface area contributed by atoms with Gasteiger partial charge in [0.05, 0.1) is 16.4 Å². The maximum absolute atomic E-state index is 11.5. The minimum absolute atomic E-state index is 0.0728. The van der Waals surface area contributed by atoms with Gasteiger partial charge in [-0.05, 0) is 30.8 Å². The molecular formula is C8H10ClNO5S2. The van der Waals surface area contributed by atoms with Crippen LogP contribution in [0.3, 0.4) is 0 Å². The number of aliphatic hydroxyl groups excluding tert-OH is 1. The van der Waals surface area contributed by atoms with Gasteiger partial charge in [0.25, 0.3) is 9.05 Å². The molecule has 0 saturated heterocycles. The smallest absolute Gasteiger partial charge is 0.261 e. The second kappa shape index (κ2) is 4.91. The Bertz CT molecular complexity index is 623. The van der Waals surface area contributed by atoms with Gasteiger partial charge in [-0.1, -0.05) is 0 Å². The third-order valence-electron chi connectivity index (χ3n) is 2.04. The summed E-state index contributed by atoms with van der Waals surface area (Å²) in [5.41, 5.74) is -0.0728. The molecule has 1 rings (SSSR count). The van der Waals surface area contributed by atoms with E-state index in [1.807, 2.05) is 0 Å². The molecule has 0 aromatic heterocycles. The van der Waals surface area contributed by atoms with Gasteiger partial charge < -0.3 is 5.11 Å². The number of benzene rings is 1. The van der Waals surface area contributed by atoms with E-state index in [9.17, 15) is 16.8 Å². The van der Waals surface area contributed by atoms with E-state index in [0.29, 0.717) is 0 Å². The third-order valence-corrected chi connectivity index (χ3v) is 4.88. The molecule has 0 fully saturated rings. The topological polar surface area (TPSA) is 101 Å². The van der Waals surface area contributed by atoms with Gasteiger partial charge in [-0.15, -0.1) is 0 Å². The minimum atomic E-state index is -4.02. The van der Waals surface area contributed by atoms with Gasteiger partial charge in [0.15, 0.2) is 0 Å². The van der Waals surface area contributed by atoms with Crippen LogP contribution in [0, 0.1) is 0 Å². The number of hydrogen-bond donors (Lipinski definition) is 2. The predicted molar refractivity (Wildman–Crippen MR) is 61.6 cm³/mol. The van der Waals surface area contributed by atoms with Crippen LogP contribution in [0.2, 0.25) is 0 Å². The molecule has 0 radical (unpaired) electrons. The van der Waals surface area contributed by atoms with Crippen molar-refractivity contribution in [3.8, 4) is 0 Å². The van der Waals surface area contributed by atoms with Crippen LogP contribution in [-0.2, 0) is 25.7 Å². The van der Waals surface area contributed by atoms with Gasteiger partial charge in [0, 0.05) is 10.7 Å². The Balaban J connectivity index is 3.48. The van der Waals surface area contributed by atoms with E-state index in [4.69, 9.17) is 15.8 Å². The maximum Gasteiger partial charge on any atom is 0.261 e. The van der Waals surface area contributed by atoms with E-state index in [1.165, 1.54) is 7.05 Å². The highest BCUT2D eigenvalue weighted by Gasteiger charge is 2.19. The lowest BCUT2D eigenvalue weighted by Gasteiger charge is -2.07. The molecule has 0 bridgehead atoms.